The topological polar surface area (TPSA) is 29.5 Å². The zero-order chi connectivity index (χ0) is 12.1. The first-order valence-corrected chi connectivity index (χ1v) is 7.35. The van der Waals surface area contributed by atoms with Crippen LogP contribution < -0.4 is 4.74 Å². The quantitative estimate of drug-likeness (QED) is 0.892. The van der Waals surface area contributed by atoms with E-state index in [-0.39, 0.29) is 6.10 Å². The molecule has 1 N–H and O–H groups in total. The summed E-state index contributed by atoms with van der Waals surface area (Å²) in [6.07, 6.45) is 3.02. The van der Waals surface area contributed by atoms with E-state index in [9.17, 15) is 5.11 Å². The number of ether oxygens (including phenoxy) is 1. The molecule has 1 atom stereocenters. The highest BCUT2D eigenvalue weighted by Crippen LogP contribution is 2.31. The van der Waals surface area contributed by atoms with Gasteiger partial charge in [0, 0.05) is 0 Å². The van der Waals surface area contributed by atoms with Crippen molar-refractivity contribution in [3.63, 3.8) is 0 Å². The van der Waals surface area contributed by atoms with Crippen LogP contribution in [0.5, 0.6) is 5.75 Å². The molecule has 1 fully saturated rings. The van der Waals surface area contributed by atoms with Crippen molar-refractivity contribution >= 4 is 11.8 Å². The van der Waals surface area contributed by atoms with Gasteiger partial charge in [0.25, 0.3) is 0 Å². The molecule has 17 heavy (non-hydrogen) atoms. The lowest BCUT2D eigenvalue weighted by Crippen LogP contribution is -2.13. The monoisotopic (exact) mass is 252 g/mol. The van der Waals surface area contributed by atoms with E-state index in [1.165, 1.54) is 24.3 Å². The molecule has 2 nitrogen and oxygen atoms in total. The number of aliphatic hydroxyl groups is 1. The molecule has 1 unspecified atom stereocenters. The Bertz CT molecular complexity index is 348. The number of aliphatic hydroxyl groups excluding tert-OH is 1. The molecule has 94 valence electrons. The average molecular weight is 252 g/mol. The molecule has 1 aromatic carbocycles. The van der Waals surface area contributed by atoms with Gasteiger partial charge in [0.15, 0.2) is 0 Å². The van der Waals surface area contributed by atoms with Crippen LogP contribution in [0.15, 0.2) is 24.3 Å². The van der Waals surface area contributed by atoms with Crippen LogP contribution in [-0.2, 0) is 0 Å². The molecule has 3 heteroatoms. The van der Waals surface area contributed by atoms with Crippen LogP contribution in [0.4, 0.5) is 0 Å². The van der Waals surface area contributed by atoms with Gasteiger partial charge >= 0.3 is 0 Å². The Morgan fingerprint density at radius 3 is 2.88 bits per heavy atom. The third kappa shape index (κ3) is 3.65. The van der Waals surface area contributed by atoms with E-state index >= 15 is 0 Å². The van der Waals surface area contributed by atoms with E-state index in [2.05, 4.69) is 0 Å². The summed E-state index contributed by atoms with van der Waals surface area (Å²) in [6, 6.07) is 7.76. The predicted octanol–water partition coefficient (Wildman–Crippen LogP) is 3.26. The number of benzene rings is 1. The molecule has 0 bridgehead atoms. The Labute approximate surface area is 107 Å². The normalized spacial score (nSPS) is 18.9. The van der Waals surface area contributed by atoms with Gasteiger partial charge in [-0.05, 0) is 54.4 Å². The summed E-state index contributed by atoms with van der Waals surface area (Å²) in [5.74, 6) is 3.99. The second-order valence-corrected chi connectivity index (χ2v) is 5.81. The highest BCUT2D eigenvalue weighted by Gasteiger charge is 2.18. The van der Waals surface area contributed by atoms with Gasteiger partial charge in [-0.25, -0.2) is 0 Å². The van der Waals surface area contributed by atoms with Crippen LogP contribution in [0.3, 0.4) is 0 Å². The molecule has 2 rings (SSSR count). The molecule has 0 aliphatic carbocycles. The van der Waals surface area contributed by atoms with Crippen molar-refractivity contribution in [2.24, 2.45) is 5.92 Å². The second kappa shape index (κ2) is 6.31. The minimum Gasteiger partial charge on any atom is -0.497 e. The summed E-state index contributed by atoms with van der Waals surface area (Å²) in [6.45, 7) is 0. The Kier molecular flexibility index (Phi) is 4.75. The minimum absolute atomic E-state index is 0.349. The Morgan fingerprint density at radius 1 is 1.41 bits per heavy atom. The van der Waals surface area contributed by atoms with Gasteiger partial charge in [0.1, 0.15) is 5.75 Å². The maximum Gasteiger partial charge on any atom is 0.119 e. The fraction of sp³-hybridized carbons (Fsp3) is 0.571. The van der Waals surface area contributed by atoms with Crippen LogP contribution in [-0.4, -0.2) is 23.7 Å². The summed E-state index contributed by atoms with van der Waals surface area (Å²) in [7, 11) is 1.66. The first-order chi connectivity index (χ1) is 8.29. The number of methoxy groups -OCH3 is 1. The largest absolute Gasteiger partial charge is 0.497 e. The highest BCUT2D eigenvalue weighted by atomic mass is 32.2. The van der Waals surface area contributed by atoms with Gasteiger partial charge in [-0.2, -0.15) is 11.8 Å². The lowest BCUT2D eigenvalue weighted by Gasteiger charge is -2.24. The molecule has 1 aliphatic rings. The van der Waals surface area contributed by atoms with Crippen LogP contribution in [0, 0.1) is 5.92 Å². The second-order valence-electron chi connectivity index (χ2n) is 4.58. The predicted molar refractivity (Wildman–Crippen MR) is 72.6 cm³/mol. The molecule has 1 aromatic rings. The standard InChI is InChI=1S/C14H20O2S/c1-16-13-4-2-3-12(10-13)14(15)9-11-5-7-17-8-6-11/h2-4,10-11,14-15H,5-9H2,1H3. The van der Waals surface area contributed by atoms with Crippen molar-refractivity contribution in [1.29, 1.82) is 0 Å². The van der Waals surface area contributed by atoms with Crippen LogP contribution in [0.2, 0.25) is 0 Å². The molecule has 1 saturated heterocycles. The third-order valence-electron chi connectivity index (χ3n) is 3.38. The summed E-state index contributed by atoms with van der Waals surface area (Å²) in [4.78, 5) is 0. The number of rotatable bonds is 4. The zero-order valence-electron chi connectivity index (χ0n) is 10.3. The summed E-state index contributed by atoms with van der Waals surface area (Å²) < 4.78 is 5.18. The molecule has 0 spiro atoms. The first kappa shape index (κ1) is 12.8. The van der Waals surface area contributed by atoms with Gasteiger partial charge in [-0.1, -0.05) is 12.1 Å². The number of thioether (sulfide) groups is 1. The van der Waals surface area contributed by atoms with Gasteiger partial charge in [0.2, 0.25) is 0 Å². The number of hydrogen-bond acceptors (Lipinski definition) is 3. The summed E-state index contributed by atoms with van der Waals surface area (Å²) in [5.41, 5.74) is 0.975. The van der Waals surface area contributed by atoms with E-state index in [4.69, 9.17) is 4.74 Å². The molecular weight excluding hydrogens is 232 g/mol. The molecule has 0 aromatic heterocycles. The molecule has 0 amide bonds. The fourth-order valence-electron chi connectivity index (χ4n) is 2.28. The van der Waals surface area contributed by atoms with Gasteiger partial charge in [-0.3, -0.25) is 0 Å². The van der Waals surface area contributed by atoms with Crippen molar-refractivity contribution in [1.82, 2.24) is 0 Å². The summed E-state index contributed by atoms with van der Waals surface area (Å²) >= 11 is 2.03. The molecule has 0 radical (unpaired) electrons. The van der Waals surface area contributed by atoms with Crippen LogP contribution >= 0.6 is 11.8 Å². The molecule has 0 saturated carbocycles. The van der Waals surface area contributed by atoms with E-state index in [0.29, 0.717) is 5.92 Å². The van der Waals surface area contributed by atoms with E-state index in [0.717, 1.165) is 17.7 Å². The van der Waals surface area contributed by atoms with Crippen molar-refractivity contribution in [3.05, 3.63) is 29.8 Å². The maximum atomic E-state index is 10.2. The van der Waals surface area contributed by atoms with E-state index < -0.39 is 0 Å². The molecule has 1 heterocycles. The SMILES string of the molecule is COc1cccc(C(O)CC2CCSCC2)c1. The van der Waals surface area contributed by atoms with E-state index in [1.54, 1.807) is 7.11 Å². The van der Waals surface area contributed by atoms with Crippen molar-refractivity contribution in [3.8, 4) is 5.75 Å². The maximum absolute atomic E-state index is 10.2. The van der Waals surface area contributed by atoms with Gasteiger partial charge < -0.3 is 9.84 Å². The third-order valence-corrected chi connectivity index (χ3v) is 4.42. The Balaban J connectivity index is 1.95. The minimum atomic E-state index is -0.349. The average Bonchev–Trinajstić information content (AvgIpc) is 2.40. The van der Waals surface area contributed by atoms with Crippen LogP contribution in [0.25, 0.3) is 0 Å². The van der Waals surface area contributed by atoms with Gasteiger partial charge in [0.05, 0.1) is 13.2 Å². The smallest absolute Gasteiger partial charge is 0.119 e. The lowest BCUT2D eigenvalue weighted by atomic mass is 9.92. The van der Waals surface area contributed by atoms with Gasteiger partial charge in [-0.15, -0.1) is 0 Å². The van der Waals surface area contributed by atoms with Crippen LogP contribution in [0.1, 0.15) is 30.9 Å². The lowest BCUT2D eigenvalue weighted by molar-refractivity contribution is 0.141. The highest BCUT2D eigenvalue weighted by molar-refractivity contribution is 7.99. The fourth-order valence-corrected chi connectivity index (χ4v) is 3.49. The first-order valence-electron chi connectivity index (χ1n) is 6.19. The zero-order valence-corrected chi connectivity index (χ0v) is 11.1. The molecule has 1 aliphatic heterocycles. The van der Waals surface area contributed by atoms with Crippen molar-refractivity contribution in [2.75, 3.05) is 18.6 Å². The van der Waals surface area contributed by atoms with Crippen molar-refractivity contribution < 1.29 is 9.84 Å². The Morgan fingerprint density at radius 2 is 2.18 bits per heavy atom. The van der Waals surface area contributed by atoms with E-state index in [1.807, 2.05) is 36.0 Å². The Hall–Kier alpha value is -0.670. The molecular formula is C14H20O2S. The van der Waals surface area contributed by atoms with Crippen molar-refractivity contribution in [2.45, 2.75) is 25.4 Å². The summed E-state index contributed by atoms with van der Waals surface area (Å²) in [5, 5.41) is 10.2. The number of hydrogen-bond donors (Lipinski definition) is 1.